The molecule has 0 unspecified atom stereocenters. The Labute approximate surface area is 148 Å². The van der Waals surface area contributed by atoms with Crippen molar-refractivity contribution in [3.63, 3.8) is 0 Å². The summed E-state index contributed by atoms with van der Waals surface area (Å²) in [7, 11) is 0. The van der Waals surface area contributed by atoms with E-state index in [1.54, 1.807) is 4.90 Å². The fourth-order valence-corrected chi connectivity index (χ4v) is 2.45. The highest BCUT2D eigenvalue weighted by Gasteiger charge is 2.28. The zero-order valence-corrected chi connectivity index (χ0v) is 15.0. The number of nitrogens with one attached hydrogen (secondary N) is 1. The summed E-state index contributed by atoms with van der Waals surface area (Å²) in [6.45, 7) is 6.70. The summed E-state index contributed by atoms with van der Waals surface area (Å²) in [5, 5.41) is 2.71. The van der Waals surface area contributed by atoms with E-state index in [1.807, 2.05) is 63.3 Å². The molecule has 6 nitrogen and oxygen atoms in total. The Morgan fingerprint density at radius 2 is 1.96 bits per heavy atom. The van der Waals surface area contributed by atoms with Gasteiger partial charge in [-0.1, -0.05) is 42.5 Å². The topological polar surface area (TPSA) is 67.9 Å². The van der Waals surface area contributed by atoms with Gasteiger partial charge < -0.3 is 14.8 Å². The van der Waals surface area contributed by atoms with Crippen molar-refractivity contribution in [1.29, 1.82) is 0 Å². The molecule has 1 aromatic rings. The summed E-state index contributed by atoms with van der Waals surface area (Å²) in [5.41, 5.74) is 0.413. The molecule has 0 aliphatic carbocycles. The minimum Gasteiger partial charge on any atom is -0.445 e. The molecule has 0 saturated carbocycles. The number of hydrogen-bond acceptors (Lipinski definition) is 4. The number of rotatable bonds is 5. The van der Waals surface area contributed by atoms with Crippen LogP contribution < -0.4 is 5.32 Å². The molecule has 2 rings (SSSR count). The molecule has 0 spiro atoms. The van der Waals surface area contributed by atoms with E-state index in [-0.39, 0.29) is 18.7 Å². The van der Waals surface area contributed by atoms with Crippen molar-refractivity contribution in [3.8, 4) is 0 Å². The maximum absolute atomic E-state index is 12.2. The normalized spacial score (nSPS) is 16.6. The molecule has 136 valence electrons. The van der Waals surface area contributed by atoms with Gasteiger partial charge in [0.2, 0.25) is 0 Å². The molecule has 6 heteroatoms. The summed E-state index contributed by atoms with van der Waals surface area (Å²) in [6.07, 6.45) is 3.70. The predicted octanol–water partition coefficient (Wildman–Crippen LogP) is 3.48. The summed E-state index contributed by atoms with van der Waals surface area (Å²) >= 11 is 0. The van der Waals surface area contributed by atoms with Gasteiger partial charge in [0.15, 0.2) is 0 Å². The molecule has 25 heavy (non-hydrogen) atoms. The molecule has 0 fully saturated rings. The zero-order chi connectivity index (χ0) is 18.3. The number of amides is 2. The maximum Gasteiger partial charge on any atom is 0.411 e. The molecule has 2 amide bonds. The number of carbonyl (C=O) groups is 2. The monoisotopic (exact) mass is 346 g/mol. The average Bonchev–Trinajstić information content (AvgIpc) is 3.01. The molecule has 1 aromatic carbocycles. The second-order valence-corrected chi connectivity index (χ2v) is 6.91. The lowest BCUT2D eigenvalue weighted by molar-refractivity contribution is 0.0237. The van der Waals surface area contributed by atoms with Crippen LogP contribution in [0.3, 0.4) is 0 Å². The van der Waals surface area contributed by atoms with Gasteiger partial charge in [-0.25, -0.2) is 9.59 Å². The number of alkyl carbamates (subject to hydrolysis) is 1. The number of nitrogens with zero attached hydrogens (tertiary/aromatic N) is 1. The van der Waals surface area contributed by atoms with Crippen LogP contribution in [-0.2, 0) is 16.1 Å². The lowest BCUT2D eigenvalue weighted by Crippen LogP contribution is -2.41. The van der Waals surface area contributed by atoms with Gasteiger partial charge in [-0.15, -0.1) is 0 Å². The minimum absolute atomic E-state index is 0.0794. The van der Waals surface area contributed by atoms with E-state index in [0.717, 1.165) is 5.56 Å². The lowest BCUT2D eigenvalue weighted by atomic mass is 10.2. The molecule has 1 N–H and O–H groups in total. The first-order valence-electron chi connectivity index (χ1n) is 8.46. The molecule has 0 bridgehead atoms. The van der Waals surface area contributed by atoms with E-state index in [2.05, 4.69) is 5.32 Å². The Hall–Kier alpha value is -2.50. The minimum atomic E-state index is -0.524. The van der Waals surface area contributed by atoms with Crippen LogP contribution in [-0.4, -0.2) is 41.8 Å². The van der Waals surface area contributed by atoms with E-state index in [0.29, 0.717) is 19.5 Å². The van der Waals surface area contributed by atoms with E-state index in [1.165, 1.54) is 0 Å². The maximum atomic E-state index is 12.2. The zero-order valence-electron chi connectivity index (χ0n) is 15.0. The van der Waals surface area contributed by atoms with Crippen molar-refractivity contribution in [2.24, 2.45) is 0 Å². The fraction of sp³-hybridized carbons (Fsp3) is 0.474. The first-order chi connectivity index (χ1) is 11.8. The van der Waals surface area contributed by atoms with Crippen LogP contribution in [0.4, 0.5) is 9.59 Å². The van der Waals surface area contributed by atoms with Gasteiger partial charge in [0.25, 0.3) is 0 Å². The Bertz CT molecular complexity index is 608. The smallest absolute Gasteiger partial charge is 0.411 e. The summed E-state index contributed by atoms with van der Waals surface area (Å²) in [5.74, 6) is 0. The van der Waals surface area contributed by atoms with Gasteiger partial charge >= 0.3 is 12.2 Å². The Morgan fingerprint density at radius 3 is 2.64 bits per heavy atom. The van der Waals surface area contributed by atoms with E-state index < -0.39 is 11.7 Å². The molecule has 0 aromatic heterocycles. The Kier molecular flexibility index (Phi) is 6.44. The molecular formula is C19H26N2O4. The second kappa shape index (κ2) is 8.55. The number of ether oxygens (including phenoxy) is 2. The predicted molar refractivity (Wildman–Crippen MR) is 95.1 cm³/mol. The van der Waals surface area contributed by atoms with Gasteiger partial charge in [0.05, 0.1) is 6.04 Å². The quantitative estimate of drug-likeness (QED) is 0.829. The third kappa shape index (κ3) is 6.49. The van der Waals surface area contributed by atoms with Crippen LogP contribution >= 0.6 is 0 Å². The van der Waals surface area contributed by atoms with Gasteiger partial charge in [0.1, 0.15) is 12.2 Å². The highest BCUT2D eigenvalue weighted by atomic mass is 16.6. The molecular weight excluding hydrogens is 320 g/mol. The van der Waals surface area contributed by atoms with Gasteiger partial charge in [0, 0.05) is 13.1 Å². The fourth-order valence-electron chi connectivity index (χ4n) is 2.45. The lowest BCUT2D eigenvalue weighted by Gasteiger charge is -2.28. The van der Waals surface area contributed by atoms with Crippen molar-refractivity contribution in [1.82, 2.24) is 10.2 Å². The third-order valence-corrected chi connectivity index (χ3v) is 3.61. The van der Waals surface area contributed by atoms with Crippen molar-refractivity contribution in [2.75, 3.05) is 13.1 Å². The van der Waals surface area contributed by atoms with Crippen molar-refractivity contribution in [2.45, 2.75) is 45.4 Å². The van der Waals surface area contributed by atoms with Crippen LogP contribution in [0.1, 0.15) is 32.8 Å². The highest BCUT2D eigenvalue weighted by molar-refractivity contribution is 5.70. The first-order valence-corrected chi connectivity index (χ1v) is 8.46. The van der Waals surface area contributed by atoms with E-state index in [4.69, 9.17) is 9.47 Å². The summed E-state index contributed by atoms with van der Waals surface area (Å²) in [4.78, 5) is 25.6. The van der Waals surface area contributed by atoms with Gasteiger partial charge in [-0.3, -0.25) is 4.90 Å². The van der Waals surface area contributed by atoms with Crippen molar-refractivity contribution in [3.05, 3.63) is 48.0 Å². The van der Waals surface area contributed by atoms with E-state index in [9.17, 15) is 9.59 Å². The van der Waals surface area contributed by atoms with Gasteiger partial charge in [-0.05, 0) is 32.8 Å². The van der Waals surface area contributed by atoms with Crippen molar-refractivity contribution >= 4 is 12.2 Å². The molecule has 1 heterocycles. The standard InChI is InChI=1S/C19H26N2O4/c1-19(2,3)25-18(23)21-13-7-10-16(21)11-12-20-17(22)24-14-15-8-5-4-6-9-15/h4-10,16H,11-14H2,1-3H3,(H,20,22)/t16-/m0/s1. The third-order valence-electron chi connectivity index (χ3n) is 3.61. The molecule has 1 aliphatic rings. The van der Waals surface area contributed by atoms with E-state index >= 15 is 0 Å². The Balaban J connectivity index is 1.70. The SMILES string of the molecule is CC(C)(C)OC(=O)N1CC=C[C@H]1CCNC(=O)OCc1ccccc1. The summed E-state index contributed by atoms with van der Waals surface area (Å²) < 4.78 is 10.6. The van der Waals surface area contributed by atoms with Gasteiger partial charge in [-0.2, -0.15) is 0 Å². The molecule has 0 saturated heterocycles. The Morgan fingerprint density at radius 1 is 1.24 bits per heavy atom. The van der Waals surface area contributed by atoms with Crippen LogP contribution in [0.5, 0.6) is 0 Å². The highest BCUT2D eigenvalue weighted by Crippen LogP contribution is 2.17. The van der Waals surface area contributed by atoms with Crippen LogP contribution in [0, 0.1) is 0 Å². The van der Waals surface area contributed by atoms with Crippen molar-refractivity contribution < 1.29 is 19.1 Å². The molecule has 0 radical (unpaired) electrons. The van der Waals surface area contributed by atoms with Crippen LogP contribution in [0.25, 0.3) is 0 Å². The first kappa shape index (κ1) is 18.8. The van der Waals surface area contributed by atoms with Crippen LogP contribution in [0.15, 0.2) is 42.5 Å². The largest absolute Gasteiger partial charge is 0.445 e. The molecule has 1 aliphatic heterocycles. The number of carbonyl (C=O) groups excluding carboxylic acids is 2. The summed E-state index contributed by atoms with van der Waals surface area (Å²) in [6, 6.07) is 9.42. The number of benzene rings is 1. The molecule has 1 atom stereocenters. The second-order valence-electron chi connectivity index (χ2n) is 6.91. The number of hydrogen-bond donors (Lipinski definition) is 1. The van der Waals surface area contributed by atoms with Crippen LogP contribution in [0.2, 0.25) is 0 Å². The average molecular weight is 346 g/mol.